The summed E-state index contributed by atoms with van der Waals surface area (Å²) >= 11 is 0. The fraction of sp³-hybridized carbons (Fsp3) is 0.259. The minimum Gasteiger partial charge on any atom is -0.487 e. The molecule has 0 saturated carbocycles. The van der Waals surface area contributed by atoms with E-state index in [0.29, 0.717) is 38.3 Å². The number of anilines is 2. The molecule has 1 N–H and O–H groups in total. The zero-order chi connectivity index (χ0) is 25.1. The third kappa shape index (κ3) is 5.35. The van der Waals surface area contributed by atoms with Crippen molar-refractivity contribution in [2.24, 2.45) is 0 Å². The van der Waals surface area contributed by atoms with Crippen molar-refractivity contribution in [3.8, 4) is 5.75 Å². The predicted molar refractivity (Wildman–Crippen MR) is 131 cm³/mol. The molecule has 36 heavy (non-hydrogen) atoms. The van der Waals surface area contributed by atoms with Crippen LogP contribution in [0.15, 0.2) is 73.1 Å². The molecule has 5 nitrogen and oxygen atoms in total. The molecule has 0 bridgehead atoms. The number of benzene rings is 3. The summed E-state index contributed by atoms with van der Waals surface area (Å²) in [5.41, 5.74) is 1.65. The predicted octanol–water partition coefficient (Wildman–Crippen LogP) is 6.45. The van der Waals surface area contributed by atoms with E-state index in [1.807, 2.05) is 35.2 Å². The summed E-state index contributed by atoms with van der Waals surface area (Å²) in [6, 6.07) is 17.7. The van der Waals surface area contributed by atoms with E-state index in [2.05, 4.69) is 15.3 Å². The number of hydrogen-bond acceptors (Lipinski definition) is 5. The maximum Gasteiger partial charge on any atom is 0.416 e. The van der Waals surface area contributed by atoms with E-state index in [9.17, 15) is 17.6 Å². The lowest BCUT2D eigenvalue weighted by molar-refractivity contribution is -0.137. The van der Waals surface area contributed by atoms with Crippen LogP contribution in [0.5, 0.6) is 5.75 Å². The molecule has 0 spiro atoms. The Morgan fingerprint density at radius 1 is 0.944 bits per heavy atom. The standard InChI is InChI=1S/C27H24F4N4O/c28-23-15-18(16-32-26-22-3-1-2-4-24(22)33-17-34-26)5-10-25(23)36-21-11-13-35(14-12-21)20-8-6-19(7-9-20)27(29,30)31/h1-10,15,17,21H,11-14,16H2,(H,32,33,34). The Morgan fingerprint density at radius 2 is 1.69 bits per heavy atom. The number of aromatic nitrogens is 2. The number of para-hydroxylation sites is 1. The molecule has 9 heteroatoms. The summed E-state index contributed by atoms with van der Waals surface area (Å²) < 4.78 is 59.1. The molecule has 4 aromatic rings. The van der Waals surface area contributed by atoms with Crippen LogP contribution in [-0.4, -0.2) is 29.2 Å². The van der Waals surface area contributed by atoms with Crippen molar-refractivity contribution in [2.45, 2.75) is 31.7 Å². The fourth-order valence-electron chi connectivity index (χ4n) is 4.35. The van der Waals surface area contributed by atoms with Gasteiger partial charge in [-0.3, -0.25) is 0 Å². The number of piperidine rings is 1. The number of alkyl halides is 3. The lowest BCUT2D eigenvalue weighted by atomic mass is 10.1. The number of ether oxygens (including phenoxy) is 1. The first-order valence-electron chi connectivity index (χ1n) is 11.7. The van der Waals surface area contributed by atoms with Gasteiger partial charge in [0.15, 0.2) is 11.6 Å². The van der Waals surface area contributed by atoms with E-state index in [-0.39, 0.29) is 11.9 Å². The fourth-order valence-corrected chi connectivity index (χ4v) is 4.35. The highest BCUT2D eigenvalue weighted by atomic mass is 19.4. The van der Waals surface area contributed by atoms with E-state index in [1.54, 1.807) is 6.07 Å². The van der Waals surface area contributed by atoms with Crippen LogP contribution in [0.4, 0.5) is 29.1 Å². The second-order valence-corrected chi connectivity index (χ2v) is 8.71. The molecule has 1 fully saturated rings. The molecule has 1 aliphatic heterocycles. The van der Waals surface area contributed by atoms with Gasteiger partial charge in [-0.2, -0.15) is 13.2 Å². The number of nitrogens with zero attached hydrogens (tertiary/aromatic N) is 3. The number of rotatable bonds is 6. The summed E-state index contributed by atoms with van der Waals surface area (Å²) in [5.74, 6) is 0.437. The number of hydrogen-bond donors (Lipinski definition) is 1. The molecule has 0 aliphatic carbocycles. The first-order chi connectivity index (χ1) is 17.4. The SMILES string of the molecule is Fc1cc(CNc2ncnc3ccccc23)ccc1OC1CCN(c2ccc(C(F)(F)F)cc2)CC1. The van der Waals surface area contributed by atoms with Crippen molar-refractivity contribution < 1.29 is 22.3 Å². The summed E-state index contributed by atoms with van der Waals surface area (Å²) in [7, 11) is 0. The molecule has 5 rings (SSSR count). The van der Waals surface area contributed by atoms with E-state index in [0.717, 1.165) is 34.3 Å². The van der Waals surface area contributed by atoms with Gasteiger partial charge in [0.1, 0.15) is 18.2 Å². The maximum atomic E-state index is 14.8. The van der Waals surface area contributed by atoms with E-state index < -0.39 is 17.6 Å². The van der Waals surface area contributed by atoms with Crippen LogP contribution in [0.3, 0.4) is 0 Å². The Bertz CT molecular complexity index is 1330. The van der Waals surface area contributed by atoms with Crippen molar-refractivity contribution in [1.29, 1.82) is 0 Å². The lowest BCUT2D eigenvalue weighted by Gasteiger charge is -2.34. The Kier molecular flexibility index (Phi) is 6.63. The number of halogens is 4. The smallest absolute Gasteiger partial charge is 0.416 e. The van der Waals surface area contributed by atoms with Crippen molar-refractivity contribution >= 4 is 22.4 Å². The Labute approximate surface area is 205 Å². The first kappa shape index (κ1) is 23.8. The van der Waals surface area contributed by atoms with Gasteiger partial charge in [-0.25, -0.2) is 14.4 Å². The molecule has 3 aromatic carbocycles. The minimum absolute atomic E-state index is 0.165. The Hall–Kier alpha value is -3.88. The summed E-state index contributed by atoms with van der Waals surface area (Å²) in [6.45, 7) is 1.63. The van der Waals surface area contributed by atoms with Gasteiger partial charge < -0.3 is 15.0 Å². The highest BCUT2D eigenvalue weighted by molar-refractivity contribution is 5.88. The van der Waals surface area contributed by atoms with Crippen molar-refractivity contribution in [2.75, 3.05) is 23.3 Å². The normalized spacial score (nSPS) is 14.7. The molecule has 186 valence electrons. The molecule has 0 radical (unpaired) electrons. The van der Waals surface area contributed by atoms with Crippen LogP contribution >= 0.6 is 0 Å². The molecular formula is C27H24F4N4O. The average Bonchev–Trinajstić information content (AvgIpc) is 2.89. The molecule has 0 unspecified atom stereocenters. The van der Waals surface area contributed by atoms with Crippen molar-refractivity contribution in [3.63, 3.8) is 0 Å². The molecule has 1 aliphatic rings. The molecule has 1 aromatic heterocycles. The largest absolute Gasteiger partial charge is 0.487 e. The van der Waals surface area contributed by atoms with Crippen molar-refractivity contribution in [3.05, 3.63) is 90.0 Å². The monoisotopic (exact) mass is 496 g/mol. The van der Waals surface area contributed by atoms with Crippen LogP contribution in [0.2, 0.25) is 0 Å². The quantitative estimate of drug-likeness (QED) is 0.311. The van der Waals surface area contributed by atoms with Crippen LogP contribution in [-0.2, 0) is 12.7 Å². The first-order valence-corrected chi connectivity index (χ1v) is 11.7. The van der Waals surface area contributed by atoms with Crippen LogP contribution < -0.4 is 15.0 Å². The Morgan fingerprint density at radius 3 is 2.42 bits per heavy atom. The third-order valence-corrected chi connectivity index (χ3v) is 6.29. The zero-order valence-electron chi connectivity index (χ0n) is 19.3. The minimum atomic E-state index is -4.35. The summed E-state index contributed by atoms with van der Waals surface area (Å²) in [4.78, 5) is 10.5. The van der Waals surface area contributed by atoms with Crippen LogP contribution in [0, 0.1) is 5.82 Å². The number of nitrogens with one attached hydrogen (secondary N) is 1. The average molecular weight is 497 g/mol. The molecule has 0 amide bonds. The summed E-state index contributed by atoms with van der Waals surface area (Å²) in [6.07, 6.45) is -1.74. The van der Waals surface area contributed by atoms with Gasteiger partial charge in [0.05, 0.1) is 11.1 Å². The van der Waals surface area contributed by atoms with Gasteiger partial charge >= 0.3 is 6.18 Å². The molecule has 1 saturated heterocycles. The third-order valence-electron chi connectivity index (χ3n) is 6.29. The topological polar surface area (TPSA) is 50.3 Å². The summed E-state index contributed by atoms with van der Waals surface area (Å²) in [5, 5.41) is 4.13. The van der Waals surface area contributed by atoms with Crippen LogP contribution in [0.25, 0.3) is 10.9 Å². The van der Waals surface area contributed by atoms with Gasteiger partial charge in [0.2, 0.25) is 0 Å². The maximum absolute atomic E-state index is 14.8. The molecular weight excluding hydrogens is 472 g/mol. The second kappa shape index (κ2) is 10.0. The van der Waals surface area contributed by atoms with E-state index in [1.165, 1.54) is 24.5 Å². The highest BCUT2D eigenvalue weighted by Crippen LogP contribution is 2.32. The zero-order valence-corrected chi connectivity index (χ0v) is 19.3. The van der Waals surface area contributed by atoms with Gasteiger partial charge in [0, 0.05) is 43.5 Å². The van der Waals surface area contributed by atoms with Gasteiger partial charge in [-0.15, -0.1) is 0 Å². The highest BCUT2D eigenvalue weighted by Gasteiger charge is 2.30. The van der Waals surface area contributed by atoms with Crippen LogP contribution in [0.1, 0.15) is 24.0 Å². The van der Waals surface area contributed by atoms with Gasteiger partial charge in [-0.05, 0) is 54.1 Å². The second-order valence-electron chi connectivity index (χ2n) is 8.71. The van der Waals surface area contributed by atoms with Gasteiger partial charge in [-0.1, -0.05) is 18.2 Å². The van der Waals surface area contributed by atoms with E-state index >= 15 is 0 Å². The van der Waals surface area contributed by atoms with E-state index in [4.69, 9.17) is 4.74 Å². The lowest BCUT2D eigenvalue weighted by Crippen LogP contribution is -2.38. The molecule has 2 heterocycles. The molecule has 0 atom stereocenters. The van der Waals surface area contributed by atoms with Gasteiger partial charge in [0.25, 0.3) is 0 Å². The van der Waals surface area contributed by atoms with Crippen molar-refractivity contribution in [1.82, 2.24) is 9.97 Å². The number of fused-ring (bicyclic) bond motifs is 1. The Balaban J connectivity index is 1.16.